The lowest BCUT2D eigenvalue weighted by molar-refractivity contribution is 0.552. The first kappa shape index (κ1) is 8.50. The van der Waals surface area contributed by atoms with Crippen LogP contribution in [0.1, 0.15) is 19.8 Å². The quantitative estimate of drug-likeness (QED) is 0.589. The number of rotatable bonds is 4. The van der Waals surface area contributed by atoms with Gasteiger partial charge >= 0.3 is 0 Å². The second-order valence-corrected chi connectivity index (χ2v) is 2.06. The van der Waals surface area contributed by atoms with Crippen molar-refractivity contribution in [1.29, 1.82) is 0 Å². The monoisotopic (exact) mass is 128 g/mol. The average Bonchev–Trinajstić information content (AvgIpc) is 1.91. The van der Waals surface area contributed by atoms with Crippen molar-refractivity contribution in [2.75, 3.05) is 7.05 Å². The van der Waals surface area contributed by atoms with Gasteiger partial charge in [-0.25, -0.2) is 0 Å². The molecule has 0 saturated heterocycles. The zero-order chi connectivity index (χ0) is 7.11. The molecule has 0 spiro atoms. The summed E-state index contributed by atoms with van der Waals surface area (Å²) in [6.07, 6.45) is 5.76. The van der Waals surface area contributed by atoms with Crippen molar-refractivity contribution in [3.8, 4) is 0 Å². The van der Waals surface area contributed by atoms with Gasteiger partial charge in [-0.2, -0.15) is 0 Å². The summed E-state index contributed by atoms with van der Waals surface area (Å²) >= 11 is 0. The highest BCUT2D eigenvalue weighted by atomic mass is 14.9. The maximum absolute atomic E-state index is 5.18. The zero-order valence-electron chi connectivity index (χ0n) is 6.22. The molecule has 9 heavy (non-hydrogen) atoms. The topological polar surface area (TPSA) is 38.0 Å². The minimum absolute atomic E-state index is 0.588. The Morgan fingerprint density at radius 2 is 2.33 bits per heavy atom. The third kappa shape index (κ3) is 4.03. The van der Waals surface area contributed by atoms with Crippen molar-refractivity contribution in [3.05, 3.63) is 12.3 Å². The third-order valence-corrected chi connectivity index (χ3v) is 1.46. The summed E-state index contributed by atoms with van der Waals surface area (Å²) < 4.78 is 0. The fourth-order valence-corrected chi connectivity index (χ4v) is 0.731. The lowest BCUT2D eigenvalue weighted by Crippen LogP contribution is -2.23. The highest BCUT2D eigenvalue weighted by Gasteiger charge is 1.96. The van der Waals surface area contributed by atoms with Crippen LogP contribution < -0.4 is 11.1 Å². The predicted octanol–water partition coefficient (Wildman–Crippen LogP) is 0.847. The summed E-state index contributed by atoms with van der Waals surface area (Å²) in [7, 11) is 1.97. The van der Waals surface area contributed by atoms with Crippen LogP contribution in [0.2, 0.25) is 0 Å². The fraction of sp³-hybridized carbons (Fsp3) is 0.714. The van der Waals surface area contributed by atoms with Gasteiger partial charge < -0.3 is 11.1 Å². The van der Waals surface area contributed by atoms with Gasteiger partial charge in [-0.1, -0.05) is 13.0 Å². The fourth-order valence-electron chi connectivity index (χ4n) is 0.731. The molecule has 0 amide bonds. The first-order chi connectivity index (χ1) is 4.35. The summed E-state index contributed by atoms with van der Waals surface area (Å²) in [4.78, 5) is 0. The van der Waals surface area contributed by atoms with Gasteiger partial charge in [-0.15, -0.1) is 0 Å². The molecule has 0 saturated carbocycles. The Balaban J connectivity index is 3.31. The second kappa shape index (κ2) is 5.63. The van der Waals surface area contributed by atoms with Crippen LogP contribution in [0.3, 0.4) is 0 Å². The van der Waals surface area contributed by atoms with E-state index in [4.69, 9.17) is 5.73 Å². The lowest BCUT2D eigenvalue weighted by atomic mass is 10.1. The van der Waals surface area contributed by atoms with E-state index in [0.29, 0.717) is 6.04 Å². The Hall–Kier alpha value is -0.500. The number of hydrogen-bond donors (Lipinski definition) is 2. The van der Waals surface area contributed by atoms with Crippen LogP contribution in [-0.2, 0) is 0 Å². The van der Waals surface area contributed by atoms with Crippen molar-refractivity contribution >= 4 is 0 Å². The van der Waals surface area contributed by atoms with E-state index in [0.717, 1.165) is 12.8 Å². The SMILES string of the molecule is CCC(C/C=C\N)NC. The van der Waals surface area contributed by atoms with E-state index in [1.165, 1.54) is 0 Å². The average molecular weight is 128 g/mol. The predicted molar refractivity (Wildman–Crippen MR) is 41.1 cm³/mol. The molecule has 0 heterocycles. The molecule has 0 aliphatic carbocycles. The summed E-state index contributed by atoms with van der Waals surface area (Å²) in [5.41, 5.74) is 5.18. The molecule has 0 rings (SSSR count). The van der Waals surface area contributed by atoms with Gasteiger partial charge in [0.25, 0.3) is 0 Å². The molecule has 1 unspecified atom stereocenters. The highest BCUT2D eigenvalue weighted by Crippen LogP contribution is 1.95. The molecule has 0 aliphatic heterocycles. The lowest BCUT2D eigenvalue weighted by Gasteiger charge is -2.09. The van der Waals surface area contributed by atoms with Crippen LogP contribution in [0, 0.1) is 0 Å². The van der Waals surface area contributed by atoms with Crippen molar-refractivity contribution < 1.29 is 0 Å². The Labute approximate surface area is 57.1 Å². The molecule has 0 aromatic heterocycles. The van der Waals surface area contributed by atoms with E-state index < -0.39 is 0 Å². The van der Waals surface area contributed by atoms with Crippen molar-refractivity contribution in [3.63, 3.8) is 0 Å². The van der Waals surface area contributed by atoms with Crippen molar-refractivity contribution in [1.82, 2.24) is 5.32 Å². The largest absolute Gasteiger partial charge is 0.405 e. The second-order valence-electron chi connectivity index (χ2n) is 2.06. The van der Waals surface area contributed by atoms with Crippen LogP contribution in [0.25, 0.3) is 0 Å². The van der Waals surface area contributed by atoms with E-state index in [2.05, 4.69) is 12.2 Å². The highest BCUT2D eigenvalue weighted by molar-refractivity contribution is 4.81. The van der Waals surface area contributed by atoms with Crippen LogP contribution in [0.15, 0.2) is 12.3 Å². The minimum Gasteiger partial charge on any atom is -0.405 e. The molecular weight excluding hydrogens is 112 g/mol. The Bertz CT molecular complexity index is 75.0. The smallest absolute Gasteiger partial charge is 0.00965 e. The summed E-state index contributed by atoms with van der Waals surface area (Å²) in [6.45, 7) is 2.16. The van der Waals surface area contributed by atoms with Crippen LogP contribution in [0.4, 0.5) is 0 Å². The van der Waals surface area contributed by atoms with Gasteiger partial charge in [0.2, 0.25) is 0 Å². The van der Waals surface area contributed by atoms with Gasteiger partial charge in [-0.05, 0) is 26.1 Å². The molecule has 0 aromatic carbocycles. The van der Waals surface area contributed by atoms with E-state index >= 15 is 0 Å². The summed E-state index contributed by atoms with van der Waals surface area (Å²) in [5.74, 6) is 0. The first-order valence-electron chi connectivity index (χ1n) is 3.39. The maximum Gasteiger partial charge on any atom is 0.00965 e. The van der Waals surface area contributed by atoms with E-state index in [-0.39, 0.29) is 0 Å². The summed E-state index contributed by atoms with van der Waals surface area (Å²) in [5, 5.41) is 3.18. The van der Waals surface area contributed by atoms with Gasteiger partial charge in [0, 0.05) is 6.04 Å². The molecule has 1 atom stereocenters. The molecule has 54 valence electrons. The standard InChI is InChI=1S/C7H16N2/c1-3-7(9-2)5-4-6-8/h4,6-7,9H,3,5,8H2,1-2H3/b6-4-. The molecular formula is C7H16N2. The molecule has 0 fully saturated rings. The van der Waals surface area contributed by atoms with Gasteiger partial charge in [0.05, 0.1) is 0 Å². The van der Waals surface area contributed by atoms with Crippen molar-refractivity contribution in [2.24, 2.45) is 5.73 Å². The maximum atomic E-state index is 5.18. The van der Waals surface area contributed by atoms with Gasteiger partial charge in [-0.3, -0.25) is 0 Å². The Morgan fingerprint density at radius 1 is 1.67 bits per heavy atom. The zero-order valence-corrected chi connectivity index (χ0v) is 6.22. The molecule has 0 aliphatic rings. The van der Waals surface area contributed by atoms with E-state index in [1.807, 2.05) is 13.1 Å². The first-order valence-corrected chi connectivity index (χ1v) is 3.39. The molecule has 3 N–H and O–H groups in total. The van der Waals surface area contributed by atoms with E-state index in [1.54, 1.807) is 6.20 Å². The molecule has 2 nitrogen and oxygen atoms in total. The molecule has 0 bridgehead atoms. The number of hydrogen-bond acceptors (Lipinski definition) is 2. The van der Waals surface area contributed by atoms with Crippen LogP contribution in [0.5, 0.6) is 0 Å². The van der Waals surface area contributed by atoms with Crippen LogP contribution in [-0.4, -0.2) is 13.1 Å². The number of nitrogens with two attached hydrogens (primary N) is 1. The van der Waals surface area contributed by atoms with Crippen molar-refractivity contribution in [2.45, 2.75) is 25.8 Å². The normalized spacial score (nSPS) is 14.4. The van der Waals surface area contributed by atoms with E-state index in [9.17, 15) is 0 Å². The minimum atomic E-state index is 0.588. The third-order valence-electron chi connectivity index (χ3n) is 1.46. The number of nitrogens with one attached hydrogen (secondary N) is 1. The molecule has 0 aromatic rings. The molecule has 0 radical (unpaired) electrons. The Kier molecular flexibility index (Phi) is 5.32. The molecule has 2 heteroatoms. The Morgan fingerprint density at radius 3 is 2.67 bits per heavy atom. The van der Waals surface area contributed by atoms with Crippen LogP contribution >= 0.6 is 0 Å². The summed E-state index contributed by atoms with van der Waals surface area (Å²) in [6, 6.07) is 0.588. The van der Waals surface area contributed by atoms with Gasteiger partial charge in [0.15, 0.2) is 0 Å². The van der Waals surface area contributed by atoms with Gasteiger partial charge in [0.1, 0.15) is 0 Å².